The Balaban J connectivity index is 1.42. The third-order valence-corrected chi connectivity index (χ3v) is 5.13. The van der Waals surface area contributed by atoms with Crippen LogP contribution >= 0.6 is 0 Å². The molecule has 0 aliphatic carbocycles. The number of imidazole rings is 1. The van der Waals surface area contributed by atoms with Gasteiger partial charge in [-0.2, -0.15) is 9.97 Å². The number of fused-ring (bicyclic) bond motifs is 1. The van der Waals surface area contributed by atoms with Gasteiger partial charge in [0.15, 0.2) is 17.0 Å². The quantitative estimate of drug-likeness (QED) is 0.547. The second-order valence-electron chi connectivity index (χ2n) is 6.89. The maximum atomic E-state index is 9.48. The number of phenols is 1. The number of benzene rings is 1. The van der Waals surface area contributed by atoms with Crippen molar-refractivity contribution >= 4 is 28.6 Å². The normalized spacial score (nSPS) is 14.5. The standard InChI is InChI=1S/C20H20N8O/c21-18-17-19(28(13-23-17)15-5-7-22-8-6-15)25-20(24-18)27-11-9-26(10-12-27)14-1-3-16(29)4-2-14/h1-8,13,29H,9-12H2,(H2,21,24,25). The van der Waals surface area contributed by atoms with Crippen LogP contribution in [0.2, 0.25) is 0 Å². The monoisotopic (exact) mass is 388 g/mol. The van der Waals surface area contributed by atoms with Gasteiger partial charge in [-0.3, -0.25) is 9.55 Å². The van der Waals surface area contributed by atoms with Crippen molar-refractivity contribution < 1.29 is 5.11 Å². The van der Waals surface area contributed by atoms with Gasteiger partial charge >= 0.3 is 0 Å². The maximum absolute atomic E-state index is 9.48. The summed E-state index contributed by atoms with van der Waals surface area (Å²) in [7, 11) is 0. The highest BCUT2D eigenvalue weighted by Crippen LogP contribution is 2.25. The lowest BCUT2D eigenvalue weighted by Gasteiger charge is -2.36. The van der Waals surface area contributed by atoms with Crippen molar-refractivity contribution in [3.8, 4) is 11.4 Å². The van der Waals surface area contributed by atoms with Gasteiger partial charge in [0.2, 0.25) is 5.95 Å². The number of rotatable bonds is 3. The lowest BCUT2D eigenvalue weighted by atomic mass is 10.2. The summed E-state index contributed by atoms with van der Waals surface area (Å²) in [5, 5.41) is 9.48. The minimum Gasteiger partial charge on any atom is -0.508 e. The number of aromatic nitrogens is 5. The van der Waals surface area contributed by atoms with Gasteiger partial charge in [-0.1, -0.05) is 0 Å². The van der Waals surface area contributed by atoms with Crippen LogP contribution in [0, 0.1) is 0 Å². The van der Waals surface area contributed by atoms with E-state index in [1.807, 2.05) is 28.8 Å². The van der Waals surface area contributed by atoms with Gasteiger partial charge in [0.25, 0.3) is 0 Å². The van der Waals surface area contributed by atoms with Crippen LogP contribution < -0.4 is 15.5 Å². The fourth-order valence-electron chi connectivity index (χ4n) is 3.57. The lowest BCUT2D eigenvalue weighted by Crippen LogP contribution is -2.47. The number of pyridine rings is 1. The van der Waals surface area contributed by atoms with Crippen LogP contribution in [0.5, 0.6) is 5.75 Å². The molecule has 3 N–H and O–H groups in total. The minimum absolute atomic E-state index is 0.273. The van der Waals surface area contributed by atoms with Crippen molar-refractivity contribution in [3.05, 3.63) is 55.1 Å². The Morgan fingerprint density at radius 3 is 2.24 bits per heavy atom. The lowest BCUT2D eigenvalue weighted by molar-refractivity contribution is 0.475. The summed E-state index contributed by atoms with van der Waals surface area (Å²) in [6.07, 6.45) is 5.17. The highest BCUT2D eigenvalue weighted by molar-refractivity contribution is 5.84. The summed E-state index contributed by atoms with van der Waals surface area (Å²) >= 11 is 0. The second-order valence-corrected chi connectivity index (χ2v) is 6.89. The number of aromatic hydroxyl groups is 1. The molecule has 3 aromatic heterocycles. The van der Waals surface area contributed by atoms with Crippen molar-refractivity contribution in [2.24, 2.45) is 0 Å². The van der Waals surface area contributed by atoms with E-state index in [1.54, 1.807) is 30.9 Å². The molecule has 0 spiro atoms. The molecule has 29 heavy (non-hydrogen) atoms. The SMILES string of the molecule is Nc1nc(N2CCN(c3ccc(O)cc3)CC2)nc2c1ncn2-c1ccncc1. The van der Waals surface area contributed by atoms with Crippen LogP contribution in [0.15, 0.2) is 55.1 Å². The van der Waals surface area contributed by atoms with Gasteiger partial charge in [-0.25, -0.2) is 4.98 Å². The molecule has 146 valence electrons. The number of nitrogens with two attached hydrogens (primary N) is 1. The number of nitrogen functional groups attached to an aromatic ring is 1. The first-order chi connectivity index (χ1) is 14.2. The zero-order valence-corrected chi connectivity index (χ0v) is 15.7. The van der Waals surface area contributed by atoms with Crippen molar-refractivity contribution in [3.63, 3.8) is 0 Å². The molecule has 1 fully saturated rings. The molecule has 9 nitrogen and oxygen atoms in total. The van der Waals surface area contributed by atoms with Gasteiger partial charge in [-0.05, 0) is 36.4 Å². The third-order valence-electron chi connectivity index (χ3n) is 5.13. The van der Waals surface area contributed by atoms with E-state index in [-0.39, 0.29) is 5.75 Å². The van der Waals surface area contributed by atoms with Crippen molar-refractivity contribution in [1.82, 2.24) is 24.5 Å². The summed E-state index contributed by atoms with van der Waals surface area (Å²) < 4.78 is 1.89. The Morgan fingerprint density at radius 1 is 0.828 bits per heavy atom. The molecule has 0 saturated carbocycles. The number of hydrogen-bond donors (Lipinski definition) is 2. The average Bonchev–Trinajstić information content (AvgIpc) is 3.20. The summed E-state index contributed by atoms with van der Waals surface area (Å²) in [6, 6.07) is 11.1. The largest absolute Gasteiger partial charge is 0.508 e. The maximum Gasteiger partial charge on any atom is 0.229 e. The van der Waals surface area contributed by atoms with Gasteiger partial charge in [0, 0.05) is 44.3 Å². The van der Waals surface area contributed by atoms with Crippen LogP contribution in [-0.4, -0.2) is 55.8 Å². The Bertz CT molecular complexity index is 1130. The van der Waals surface area contributed by atoms with Gasteiger partial charge in [-0.15, -0.1) is 0 Å². The zero-order valence-electron chi connectivity index (χ0n) is 15.7. The highest BCUT2D eigenvalue weighted by atomic mass is 16.3. The Morgan fingerprint density at radius 2 is 1.52 bits per heavy atom. The van der Waals surface area contributed by atoms with E-state index >= 15 is 0 Å². The van der Waals surface area contributed by atoms with Gasteiger partial charge in [0.05, 0.1) is 5.69 Å². The summed E-state index contributed by atoms with van der Waals surface area (Å²) in [5.74, 6) is 1.25. The van der Waals surface area contributed by atoms with E-state index in [4.69, 9.17) is 10.7 Å². The Hall–Kier alpha value is -3.88. The molecule has 9 heteroatoms. The molecule has 0 radical (unpaired) electrons. The fourth-order valence-corrected chi connectivity index (χ4v) is 3.57. The number of nitrogens with zero attached hydrogens (tertiary/aromatic N) is 7. The Kier molecular flexibility index (Phi) is 4.12. The molecular weight excluding hydrogens is 368 g/mol. The van der Waals surface area contributed by atoms with Crippen LogP contribution in [-0.2, 0) is 0 Å². The summed E-state index contributed by atoms with van der Waals surface area (Å²) in [4.78, 5) is 22.1. The van der Waals surface area contributed by atoms with Crippen molar-refractivity contribution in [2.75, 3.05) is 41.7 Å². The molecule has 4 aromatic rings. The topological polar surface area (TPSA) is 109 Å². The molecule has 5 rings (SSSR count). The molecule has 0 unspecified atom stereocenters. The third kappa shape index (κ3) is 3.16. The van der Waals surface area contributed by atoms with E-state index in [9.17, 15) is 5.11 Å². The molecule has 1 aromatic carbocycles. The zero-order chi connectivity index (χ0) is 19.8. The first-order valence-electron chi connectivity index (χ1n) is 9.39. The predicted molar refractivity (Wildman–Crippen MR) is 111 cm³/mol. The smallest absolute Gasteiger partial charge is 0.229 e. The van der Waals surface area contributed by atoms with Gasteiger partial charge < -0.3 is 20.6 Å². The van der Waals surface area contributed by atoms with E-state index in [0.717, 1.165) is 37.6 Å². The van der Waals surface area contributed by atoms with Gasteiger partial charge in [0.1, 0.15) is 12.1 Å². The minimum atomic E-state index is 0.273. The highest BCUT2D eigenvalue weighted by Gasteiger charge is 2.21. The Labute approximate surface area is 167 Å². The van der Waals surface area contributed by atoms with E-state index in [0.29, 0.717) is 22.9 Å². The molecule has 0 amide bonds. The first kappa shape index (κ1) is 17.2. The number of piperazine rings is 1. The molecule has 1 aliphatic rings. The van der Waals surface area contributed by atoms with Crippen molar-refractivity contribution in [1.29, 1.82) is 0 Å². The van der Waals surface area contributed by atoms with Crippen LogP contribution in [0.1, 0.15) is 0 Å². The predicted octanol–water partition coefficient (Wildman–Crippen LogP) is 1.82. The van der Waals surface area contributed by atoms with Crippen LogP contribution in [0.4, 0.5) is 17.5 Å². The fraction of sp³-hybridized carbons (Fsp3) is 0.200. The summed E-state index contributed by atoms with van der Waals surface area (Å²) in [5.41, 5.74) is 9.47. The molecule has 1 saturated heterocycles. The number of anilines is 3. The second kappa shape index (κ2) is 6.93. The molecule has 1 aliphatic heterocycles. The van der Waals surface area contributed by atoms with Crippen molar-refractivity contribution in [2.45, 2.75) is 0 Å². The summed E-state index contributed by atoms with van der Waals surface area (Å²) in [6.45, 7) is 3.20. The van der Waals surface area contributed by atoms with E-state index < -0.39 is 0 Å². The van der Waals surface area contributed by atoms with Crippen LogP contribution in [0.3, 0.4) is 0 Å². The van der Waals surface area contributed by atoms with Crippen LogP contribution in [0.25, 0.3) is 16.9 Å². The molecule has 0 bridgehead atoms. The average molecular weight is 388 g/mol. The first-order valence-corrected chi connectivity index (χ1v) is 9.39. The molecule has 4 heterocycles. The number of hydrogen-bond acceptors (Lipinski definition) is 8. The van der Waals surface area contributed by atoms with E-state index in [2.05, 4.69) is 24.8 Å². The van der Waals surface area contributed by atoms with E-state index in [1.165, 1.54) is 0 Å². The molecule has 0 atom stereocenters. The number of phenolic OH excluding ortho intramolecular Hbond substituents is 1. The molecular formula is C20H20N8O.